The van der Waals surface area contributed by atoms with Gasteiger partial charge in [-0.25, -0.2) is 8.78 Å². The number of hydrogen-bond acceptors (Lipinski definition) is 3. The molecule has 1 aliphatic carbocycles. The van der Waals surface area contributed by atoms with Crippen LogP contribution in [0.2, 0.25) is 0 Å². The Hall–Kier alpha value is -0.750. The molecule has 6 heteroatoms. The monoisotopic (exact) mass is 278 g/mol. The standard InChI is InChI=1S/C13H24F2N2O2/c1-16-10-3-5-11(6-4-10)17(2)13(18)7-8-19-9-12(14)15/h10-12,16H,3-9H2,1-2H3. The number of ether oxygens (including phenoxy) is 1. The zero-order valence-corrected chi connectivity index (χ0v) is 11.7. The van der Waals surface area contributed by atoms with E-state index < -0.39 is 13.0 Å². The molecule has 0 spiro atoms. The number of amides is 1. The smallest absolute Gasteiger partial charge is 0.261 e. The van der Waals surface area contributed by atoms with Gasteiger partial charge in [0.15, 0.2) is 0 Å². The number of rotatable bonds is 7. The highest BCUT2D eigenvalue weighted by Crippen LogP contribution is 2.22. The molecule has 1 amide bonds. The van der Waals surface area contributed by atoms with Crippen LogP contribution in [-0.2, 0) is 9.53 Å². The Kier molecular flexibility index (Phi) is 7.23. The van der Waals surface area contributed by atoms with Gasteiger partial charge < -0.3 is 15.0 Å². The maximum Gasteiger partial charge on any atom is 0.261 e. The summed E-state index contributed by atoms with van der Waals surface area (Å²) in [5.74, 6) is -0.0258. The second-order valence-corrected chi connectivity index (χ2v) is 5.01. The fourth-order valence-corrected chi connectivity index (χ4v) is 2.46. The fraction of sp³-hybridized carbons (Fsp3) is 0.923. The SMILES string of the molecule is CNC1CCC(N(C)C(=O)CCOCC(F)F)CC1. The second-order valence-electron chi connectivity index (χ2n) is 5.01. The first-order valence-electron chi connectivity index (χ1n) is 6.83. The molecule has 0 aromatic carbocycles. The Morgan fingerprint density at radius 1 is 1.37 bits per heavy atom. The summed E-state index contributed by atoms with van der Waals surface area (Å²) in [6.45, 7) is -0.524. The van der Waals surface area contributed by atoms with Crippen LogP contribution in [0.4, 0.5) is 8.78 Å². The van der Waals surface area contributed by atoms with Crippen molar-refractivity contribution < 1.29 is 18.3 Å². The molecular weight excluding hydrogens is 254 g/mol. The molecule has 0 heterocycles. The highest BCUT2D eigenvalue weighted by atomic mass is 19.3. The van der Waals surface area contributed by atoms with Crippen LogP contribution >= 0.6 is 0 Å². The molecule has 0 atom stereocenters. The van der Waals surface area contributed by atoms with E-state index in [0.29, 0.717) is 6.04 Å². The third kappa shape index (κ3) is 5.82. The van der Waals surface area contributed by atoms with E-state index in [-0.39, 0.29) is 25.0 Å². The minimum atomic E-state index is -2.47. The lowest BCUT2D eigenvalue weighted by Gasteiger charge is -2.34. The maximum atomic E-state index is 11.9. The molecule has 0 bridgehead atoms. The number of hydrogen-bond donors (Lipinski definition) is 1. The molecule has 0 aliphatic heterocycles. The van der Waals surface area contributed by atoms with E-state index in [2.05, 4.69) is 5.32 Å². The summed E-state index contributed by atoms with van der Waals surface area (Å²) in [4.78, 5) is 13.6. The molecule has 19 heavy (non-hydrogen) atoms. The summed E-state index contributed by atoms with van der Waals surface area (Å²) in [5, 5.41) is 3.25. The average Bonchev–Trinajstić information content (AvgIpc) is 2.42. The summed E-state index contributed by atoms with van der Waals surface area (Å²) in [6.07, 6.45) is 1.83. The molecule has 0 aromatic rings. The first-order chi connectivity index (χ1) is 9.04. The van der Waals surface area contributed by atoms with E-state index in [1.807, 2.05) is 7.05 Å². The molecular formula is C13H24F2N2O2. The summed E-state index contributed by atoms with van der Waals surface area (Å²) >= 11 is 0. The fourth-order valence-electron chi connectivity index (χ4n) is 2.46. The lowest BCUT2D eigenvalue weighted by Crippen LogP contribution is -2.42. The highest BCUT2D eigenvalue weighted by Gasteiger charge is 2.25. The van der Waals surface area contributed by atoms with Gasteiger partial charge in [0.25, 0.3) is 6.43 Å². The van der Waals surface area contributed by atoms with Crippen LogP contribution < -0.4 is 5.32 Å². The van der Waals surface area contributed by atoms with Crippen molar-refractivity contribution in [1.29, 1.82) is 0 Å². The number of halogens is 2. The number of alkyl halides is 2. The third-order valence-corrected chi connectivity index (χ3v) is 3.75. The maximum absolute atomic E-state index is 11.9. The lowest BCUT2D eigenvalue weighted by molar-refractivity contribution is -0.134. The van der Waals surface area contributed by atoms with E-state index in [4.69, 9.17) is 4.74 Å². The van der Waals surface area contributed by atoms with Crippen molar-refractivity contribution in [2.45, 2.75) is 50.6 Å². The van der Waals surface area contributed by atoms with Crippen molar-refractivity contribution in [2.24, 2.45) is 0 Å². The van der Waals surface area contributed by atoms with Crippen molar-refractivity contribution in [3.63, 3.8) is 0 Å². The van der Waals surface area contributed by atoms with Crippen LogP contribution in [0.1, 0.15) is 32.1 Å². The Labute approximate surface area is 113 Å². The minimum Gasteiger partial charge on any atom is -0.375 e. The molecule has 1 aliphatic rings. The Bertz CT molecular complexity index is 269. The zero-order valence-electron chi connectivity index (χ0n) is 11.7. The van der Waals surface area contributed by atoms with Gasteiger partial charge in [-0.15, -0.1) is 0 Å². The van der Waals surface area contributed by atoms with Crippen LogP contribution in [0.3, 0.4) is 0 Å². The molecule has 1 fully saturated rings. The largest absolute Gasteiger partial charge is 0.375 e. The average molecular weight is 278 g/mol. The van der Waals surface area contributed by atoms with Gasteiger partial charge in [0, 0.05) is 19.1 Å². The number of carbonyl (C=O) groups is 1. The highest BCUT2D eigenvalue weighted by molar-refractivity contribution is 5.76. The van der Waals surface area contributed by atoms with Gasteiger partial charge in [-0.1, -0.05) is 0 Å². The predicted octanol–water partition coefficient (Wildman–Crippen LogP) is 1.65. The van der Waals surface area contributed by atoms with E-state index in [9.17, 15) is 13.6 Å². The lowest BCUT2D eigenvalue weighted by atomic mass is 9.90. The molecule has 1 N–H and O–H groups in total. The van der Waals surface area contributed by atoms with Crippen LogP contribution in [0.5, 0.6) is 0 Å². The molecule has 1 rings (SSSR count). The zero-order chi connectivity index (χ0) is 14.3. The van der Waals surface area contributed by atoms with E-state index in [1.165, 1.54) is 0 Å². The first-order valence-corrected chi connectivity index (χ1v) is 6.83. The van der Waals surface area contributed by atoms with Gasteiger partial charge in [0.1, 0.15) is 6.61 Å². The van der Waals surface area contributed by atoms with Gasteiger partial charge in [-0.05, 0) is 32.7 Å². The Morgan fingerprint density at radius 3 is 2.53 bits per heavy atom. The van der Waals surface area contributed by atoms with E-state index in [1.54, 1.807) is 11.9 Å². The Balaban J connectivity index is 2.21. The number of nitrogens with one attached hydrogen (secondary N) is 1. The molecule has 0 aromatic heterocycles. The summed E-state index contributed by atoms with van der Waals surface area (Å²) in [6, 6.07) is 0.821. The van der Waals surface area contributed by atoms with E-state index in [0.717, 1.165) is 25.7 Å². The summed E-state index contributed by atoms with van der Waals surface area (Å²) < 4.78 is 28.4. The van der Waals surface area contributed by atoms with Crippen molar-refractivity contribution in [1.82, 2.24) is 10.2 Å². The molecule has 0 unspecified atom stereocenters. The Morgan fingerprint density at radius 2 is 2.00 bits per heavy atom. The molecule has 0 radical (unpaired) electrons. The van der Waals surface area contributed by atoms with Gasteiger partial charge in [-0.2, -0.15) is 0 Å². The third-order valence-electron chi connectivity index (χ3n) is 3.75. The van der Waals surface area contributed by atoms with Gasteiger partial charge in [-0.3, -0.25) is 4.79 Å². The molecule has 1 saturated carbocycles. The normalized spacial score (nSPS) is 23.6. The van der Waals surface area contributed by atoms with Crippen molar-refractivity contribution in [3.05, 3.63) is 0 Å². The molecule has 4 nitrogen and oxygen atoms in total. The van der Waals surface area contributed by atoms with Gasteiger partial charge in [0.2, 0.25) is 5.91 Å². The van der Waals surface area contributed by atoms with Crippen LogP contribution in [0.15, 0.2) is 0 Å². The molecule has 0 saturated heterocycles. The number of carbonyl (C=O) groups excluding carboxylic acids is 1. The first kappa shape index (κ1) is 16.3. The van der Waals surface area contributed by atoms with Crippen molar-refractivity contribution in [3.8, 4) is 0 Å². The second kappa shape index (κ2) is 8.43. The summed E-state index contributed by atoms with van der Waals surface area (Å²) in [7, 11) is 3.75. The molecule has 112 valence electrons. The van der Waals surface area contributed by atoms with Crippen molar-refractivity contribution >= 4 is 5.91 Å². The van der Waals surface area contributed by atoms with Gasteiger partial charge >= 0.3 is 0 Å². The predicted molar refractivity (Wildman–Crippen MR) is 69.3 cm³/mol. The van der Waals surface area contributed by atoms with E-state index >= 15 is 0 Å². The minimum absolute atomic E-state index is 0.0258. The van der Waals surface area contributed by atoms with Crippen LogP contribution in [-0.4, -0.2) is 56.6 Å². The topological polar surface area (TPSA) is 41.6 Å². The van der Waals surface area contributed by atoms with Gasteiger partial charge in [0.05, 0.1) is 13.0 Å². The quantitative estimate of drug-likeness (QED) is 0.720. The number of nitrogens with zero attached hydrogens (tertiary/aromatic N) is 1. The van der Waals surface area contributed by atoms with Crippen LogP contribution in [0, 0.1) is 0 Å². The van der Waals surface area contributed by atoms with Crippen molar-refractivity contribution in [2.75, 3.05) is 27.3 Å². The summed E-state index contributed by atoms with van der Waals surface area (Å²) in [5.41, 5.74) is 0. The van der Waals surface area contributed by atoms with Crippen LogP contribution in [0.25, 0.3) is 0 Å².